The molecule has 56 heavy (non-hydrogen) atoms. The molecule has 0 bridgehead atoms. The van der Waals surface area contributed by atoms with E-state index in [4.69, 9.17) is 14.6 Å². The Labute approximate surface area is 327 Å². The number of benzene rings is 7. The van der Waals surface area contributed by atoms with E-state index < -0.39 is 0 Å². The maximum atomic E-state index is 6.77. The van der Waals surface area contributed by atoms with Crippen molar-refractivity contribution in [1.29, 1.82) is 0 Å². The van der Waals surface area contributed by atoms with Crippen LogP contribution in [-0.4, -0.2) is 14.6 Å². The molecule has 3 heterocycles. The summed E-state index contributed by atoms with van der Waals surface area (Å²) < 4.78 is 8.96. The van der Waals surface area contributed by atoms with E-state index in [2.05, 4.69) is 198 Å². The normalized spacial score (nSPS) is 12.5. The molecule has 10 aromatic rings. The second kappa shape index (κ2) is 12.5. The molecule has 0 aliphatic rings. The quantitative estimate of drug-likeness (QED) is 0.170. The van der Waals surface area contributed by atoms with Crippen molar-refractivity contribution in [1.82, 2.24) is 14.6 Å². The average Bonchev–Trinajstić information content (AvgIpc) is 3.83. The zero-order chi connectivity index (χ0) is 38.3. The van der Waals surface area contributed by atoms with Crippen LogP contribution < -0.4 is 0 Å². The fourth-order valence-electron chi connectivity index (χ4n) is 8.25. The van der Waals surface area contributed by atoms with E-state index in [0.29, 0.717) is 0 Å². The van der Waals surface area contributed by atoms with E-state index in [9.17, 15) is 0 Å². The average molecular weight is 726 g/mol. The summed E-state index contributed by atoms with van der Waals surface area (Å²) in [6.07, 6.45) is 0. The van der Waals surface area contributed by atoms with Gasteiger partial charge in [-0.25, -0.2) is 0 Å². The summed E-state index contributed by atoms with van der Waals surface area (Å²) in [5.74, 6) is 0.818. The van der Waals surface area contributed by atoms with Gasteiger partial charge in [-0.3, -0.25) is 4.40 Å². The number of rotatable bonds is 4. The van der Waals surface area contributed by atoms with Crippen LogP contribution in [0.3, 0.4) is 0 Å². The zero-order valence-electron chi connectivity index (χ0n) is 32.7. The zero-order valence-corrected chi connectivity index (χ0v) is 32.7. The number of furan rings is 1. The van der Waals surface area contributed by atoms with Crippen LogP contribution in [0.15, 0.2) is 156 Å². The Bertz CT molecular complexity index is 3110. The predicted molar refractivity (Wildman–Crippen MR) is 234 cm³/mol. The Hall–Kier alpha value is -6.52. The highest BCUT2D eigenvalue weighted by Gasteiger charge is 2.20. The third-order valence-corrected chi connectivity index (χ3v) is 11.5. The van der Waals surface area contributed by atoms with E-state index in [0.717, 1.165) is 66.6 Å². The largest absolute Gasteiger partial charge is 0.455 e. The molecule has 272 valence electrons. The number of aromatic nitrogens is 3. The van der Waals surface area contributed by atoms with Gasteiger partial charge in [0.1, 0.15) is 11.2 Å². The maximum Gasteiger partial charge on any atom is 0.169 e. The topological polar surface area (TPSA) is 43.3 Å². The lowest BCUT2D eigenvalue weighted by Gasteiger charge is -2.19. The molecule has 0 spiro atoms. The molecule has 4 heteroatoms. The number of fused-ring (bicyclic) bond motifs is 9. The molecular formula is C52H43N3O. The van der Waals surface area contributed by atoms with Crippen molar-refractivity contribution in [2.75, 3.05) is 0 Å². The second-order valence-corrected chi connectivity index (χ2v) is 17.2. The summed E-state index contributed by atoms with van der Waals surface area (Å²) in [4.78, 5) is 0. The molecule has 0 aliphatic carbocycles. The molecule has 4 nitrogen and oxygen atoms in total. The van der Waals surface area contributed by atoms with Gasteiger partial charge < -0.3 is 4.42 Å². The lowest BCUT2D eigenvalue weighted by Crippen LogP contribution is -2.10. The monoisotopic (exact) mass is 725 g/mol. The first-order valence-electron chi connectivity index (χ1n) is 19.5. The molecule has 0 amide bonds. The van der Waals surface area contributed by atoms with Crippen molar-refractivity contribution in [3.05, 3.63) is 163 Å². The Balaban J connectivity index is 1.13. The third kappa shape index (κ3) is 5.59. The van der Waals surface area contributed by atoms with Crippen molar-refractivity contribution in [3.63, 3.8) is 0 Å². The van der Waals surface area contributed by atoms with Crippen LogP contribution >= 0.6 is 0 Å². The smallest absolute Gasteiger partial charge is 0.169 e. The summed E-state index contributed by atoms with van der Waals surface area (Å²) in [5.41, 5.74) is 14.4. The Morgan fingerprint density at radius 1 is 0.429 bits per heavy atom. The Kier molecular flexibility index (Phi) is 7.59. The maximum absolute atomic E-state index is 6.77. The Morgan fingerprint density at radius 2 is 0.964 bits per heavy atom. The van der Waals surface area contributed by atoms with Crippen molar-refractivity contribution >= 4 is 49.3 Å². The van der Waals surface area contributed by atoms with E-state index in [1.165, 1.54) is 38.6 Å². The summed E-state index contributed by atoms with van der Waals surface area (Å²) in [5, 5.41) is 15.2. The summed E-state index contributed by atoms with van der Waals surface area (Å²) in [7, 11) is 0. The summed E-state index contributed by atoms with van der Waals surface area (Å²) >= 11 is 0. The van der Waals surface area contributed by atoms with E-state index in [1.54, 1.807) is 0 Å². The van der Waals surface area contributed by atoms with Gasteiger partial charge >= 0.3 is 0 Å². The van der Waals surface area contributed by atoms with Gasteiger partial charge in [0.15, 0.2) is 11.5 Å². The lowest BCUT2D eigenvalue weighted by molar-refractivity contribution is 0.590. The van der Waals surface area contributed by atoms with Crippen molar-refractivity contribution in [2.45, 2.75) is 52.4 Å². The number of nitrogens with zero attached hydrogens (tertiary/aromatic N) is 3. The van der Waals surface area contributed by atoms with E-state index in [-0.39, 0.29) is 10.8 Å². The number of para-hydroxylation sites is 1. The fraction of sp³-hybridized carbons (Fsp3) is 0.154. The molecule has 0 radical (unpaired) electrons. The minimum absolute atomic E-state index is 0.0761. The van der Waals surface area contributed by atoms with Gasteiger partial charge in [-0.1, -0.05) is 163 Å². The van der Waals surface area contributed by atoms with Crippen molar-refractivity contribution in [3.8, 4) is 44.8 Å². The lowest BCUT2D eigenvalue weighted by atomic mass is 9.86. The van der Waals surface area contributed by atoms with Gasteiger partial charge in [0.05, 0.1) is 5.52 Å². The number of hydrogen-bond donors (Lipinski definition) is 0. The highest BCUT2D eigenvalue weighted by molar-refractivity contribution is 6.13. The van der Waals surface area contributed by atoms with Crippen LogP contribution in [0.1, 0.15) is 52.7 Å². The van der Waals surface area contributed by atoms with Crippen LogP contribution in [0.25, 0.3) is 94.0 Å². The minimum atomic E-state index is 0.0761. The van der Waals surface area contributed by atoms with Crippen LogP contribution in [0.5, 0.6) is 0 Å². The van der Waals surface area contributed by atoms with Crippen LogP contribution in [0.4, 0.5) is 0 Å². The summed E-state index contributed by atoms with van der Waals surface area (Å²) in [6.45, 7) is 13.5. The van der Waals surface area contributed by atoms with E-state index in [1.807, 2.05) is 0 Å². The van der Waals surface area contributed by atoms with Gasteiger partial charge in [-0.2, -0.15) is 0 Å². The molecule has 0 N–H and O–H groups in total. The molecule has 0 atom stereocenters. The van der Waals surface area contributed by atoms with Crippen LogP contribution in [-0.2, 0) is 10.8 Å². The van der Waals surface area contributed by atoms with Gasteiger partial charge in [-0.05, 0) is 85.5 Å². The molecule has 0 saturated heterocycles. The molecule has 7 aromatic carbocycles. The van der Waals surface area contributed by atoms with E-state index >= 15 is 0 Å². The molecular weight excluding hydrogens is 683 g/mol. The molecule has 3 aromatic heterocycles. The highest BCUT2D eigenvalue weighted by atomic mass is 16.3. The third-order valence-electron chi connectivity index (χ3n) is 11.5. The highest BCUT2D eigenvalue weighted by Crippen LogP contribution is 2.42. The van der Waals surface area contributed by atoms with Crippen molar-refractivity contribution < 1.29 is 4.42 Å². The van der Waals surface area contributed by atoms with Gasteiger partial charge in [0.25, 0.3) is 0 Å². The predicted octanol–water partition coefficient (Wildman–Crippen LogP) is 14.2. The molecule has 0 saturated carbocycles. The number of hydrogen-bond acceptors (Lipinski definition) is 3. The molecule has 0 fully saturated rings. The van der Waals surface area contributed by atoms with Crippen LogP contribution in [0, 0.1) is 0 Å². The van der Waals surface area contributed by atoms with Gasteiger partial charge in [-0.15, -0.1) is 10.2 Å². The first-order valence-corrected chi connectivity index (χ1v) is 19.5. The molecule has 0 aliphatic heterocycles. The Morgan fingerprint density at radius 3 is 1.62 bits per heavy atom. The molecule has 0 unspecified atom stereocenters. The SMILES string of the molecule is CC(C)(C)c1ccc(-c2ccc3oc4c(-c5ccc(-c6nnc7c8ccccc8c8ccccc8n67)cc5)cc(-c5ccc(C(C)(C)C)cc5)cc4c3c2)cc1. The minimum Gasteiger partial charge on any atom is -0.455 e. The molecule has 10 rings (SSSR count). The van der Waals surface area contributed by atoms with Gasteiger partial charge in [0, 0.05) is 32.7 Å². The van der Waals surface area contributed by atoms with Crippen LogP contribution in [0.2, 0.25) is 0 Å². The second-order valence-electron chi connectivity index (χ2n) is 17.2. The first kappa shape index (κ1) is 34.0. The fourth-order valence-corrected chi connectivity index (χ4v) is 8.25. The standard InChI is InChI=1S/C52H43N3O/c1-51(2,3)38-24-19-32(20-25-38)36-23-28-47-44(29-36)45-31-37(33-21-26-39(27-22-33)52(4,5)6)30-43(48(45)56-47)34-15-17-35(18-16-34)49-53-54-50-42-13-8-7-11-40(42)41-12-9-10-14-46(41)55(49)50/h7-31H,1-6H3. The summed E-state index contributed by atoms with van der Waals surface area (Å²) in [6, 6.07) is 54.8. The first-order chi connectivity index (χ1) is 27.0. The van der Waals surface area contributed by atoms with Crippen molar-refractivity contribution in [2.24, 2.45) is 0 Å². The number of pyridine rings is 1. The van der Waals surface area contributed by atoms with Gasteiger partial charge in [0.2, 0.25) is 0 Å².